The zero-order valence-electron chi connectivity index (χ0n) is 21.0. The number of amides is 2. The Labute approximate surface area is 227 Å². The first-order chi connectivity index (χ1) is 18.8. The number of H-pyrrole nitrogens is 1. The number of benzene rings is 2. The van der Waals surface area contributed by atoms with Crippen molar-refractivity contribution in [2.45, 2.75) is 6.54 Å². The topological polar surface area (TPSA) is 123 Å². The molecule has 0 spiro atoms. The zero-order chi connectivity index (χ0) is 27.5. The van der Waals surface area contributed by atoms with Crippen molar-refractivity contribution in [1.82, 2.24) is 25.2 Å². The quantitative estimate of drug-likeness (QED) is 0.338. The maximum absolute atomic E-state index is 13.4. The summed E-state index contributed by atoms with van der Waals surface area (Å²) in [5.41, 5.74) is 0.527. The van der Waals surface area contributed by atoms with Gasteiger partial charge >= 0.3 is 0 Å². The zero-order valence-corrected chi connectivity index (χ0v) is 21.8. The predicted octanol–water partition coefficient (Wildman–Crippen LogP) is 3.04. The highest BCUT2D eigenvalue weighted by Crippen LogP contribution is 2.24. The first kappa shape index (κ1) is 26.3. The van der Waals surface area contributed by atoms with Crippen LogP contribution in [0, 0.1) is 5.82 Å². The molecule has 0 saturated carbocycles. The number of hydrogen-bond acceptors (Lipinski definition) is 7. The molecule has 200 valence electrons. The Balaban J connectivity index is 1.31. The van der Waals surface area contributed by atoms with Crippen molar-refractivity contribution < 1.29 is 14.0 Å². The lowest BCUT2D eigenvalue weighted by Gasteiger charge is -2.32. The van der Waals surface area contributed by atoms with Gasteiger partial charge in [-0.2, -0.15) is 4.98 Å². The van der Waals surface area contributed by atoms with E-state index >= 15 is 0 Å². The van der Waals surface area contributed by atoms with Crippen LogP contribution >= 0.6 is 11.6 Å². The second-order valence-corrected chi connectivity index (χ2v) is 9.64. The third kappa shape index (κ3) is 6.05. The van der Waals surface area contributed by atoms with Gasteiger partial charge in [-0.1, -0.05) is 23.7 Å². The van der Waals surface area contributed by atoms with Crippen LogP contribution in [0.3, 0.4) is 0 Å². The summed E-state index contributed by atoms with van der Waals surface area (Å²) in [4.78, 5) is 54.3. The Bertz CT molecular complexity index is 1620. The number of rotatable bonds is 6. The monoisotopic (exact) mass is 549 g/mol. The molecule has 0 aliphatic carbocycles. The van der Waals surface area contributed by atoms with E-state index in [2.05, 4.69) is 37.5 Å². The average molecular weight is 550 g/mol. The Hall–Kier alpha value is -4.35. The van der Waals surface area contributed by atoms with Crippen molar-refractivity contribution in [2.24, 2.45) is 0 Å². The number of piperazine rings is 1. The second-order valence-electron chi connectivity index (χ2n) is 9.24. The fourth-order valence-corrected chi connectivity index (χ4v) is 4.36. The Morgan fingerprint density at radius 1 is 1.08 bits per heavy atom. The molecule has 39 heavy (non-hydrogen) atoms. The van der Waals surface area contributed by atoms with E-state index in [4.69, 9.17) is 11.6 Å². The lowest BCUT2D eigenvalue weighted by molar-refractivity contribution is 0.0949. The maximum Gasteiger partial charge on any atom is 0.262 e. The number of nitrogens with one attached hydrogen (secondary N) is 3. The van der Waals surface area contributed by atoms with Crippen LogP contribution in [0.15, 0.2) is 59.5 Å². The molecular weight excluding hydrogens is 525 g/mol. The van der Waals surface area contributed by atoms with Gasteiger partial charge < -0.3 is 25.4 Å². The molecule has 4 aromatic rings. The first-order valence-corrected chi connectivity index (χ1v) is 12.6. The van der Waals surface area contributed by atoms with Gasteiger partial charge in [0.15, 0.2) is 0 Å². The number of halogens is 2. The number of carbonyl (C=O) groups excluding carboxylic acids is 2. The third-order valence-corrected chi connectivity index (χ3v) is 6.76. The molecule has 5 rings (SSSR count). The minimum absolute atomic E-state index is 0.117. The molecule has 2 aromatic heterocycles. The van der Waals surface area contributed by atoms with Gasteiger partial charge in [0.2, 0.25) is 5.95 Å². The van der Waals surface area contributed by atoms with Gasteiger partial charge in [-0.05, 0) is 49.0 Å². The number of aromatic amines is 1. The molecule has 3 heterocycles. The number of nitrogens with zero attached hydrogens (tertiary/aromatic N) is 4. The van der Waals surface area contributed by atoms with E-state index in [1.54, 1.807) is 18.3 Å². The van der Waals surface area contributed by atoms with Crippen molar-refractivity contribution >= 4 is 46.1 Å². The first-order valence-electron chi connectivity index (χ1n) is 12.2. The molecule has 12 heteroatoms. The van der Waals surface area contributed by atoms with E-state index < -0.39 is 23.2 Å². The second kappa shape index (κ2) is 11.2. The van der Waals surface area contributed by atoms with E-state index in [0.717, 1.165) is 26.2 Å². The lowest BCUT2D eigenvalue weighted by Crippen LogP contribution is -2.45. The summed E-state index contributed by atoms with van der Waals surface area (Å²) in [6, 6.07) is 11.7. The Morgan fingerprint density at radius 2 is 1.87 bits per heavy atom. The fraction of sp³-hybridized carbons (Fsp3) is 0.222. The van der Waals surface area contributed by atoms with Crippen molar-refractivity contribution in [3.63, 3.8) is 0 Å². The Kier molecular flexibility index (Phi) is 7.53. The number of carbonyl (C=O) groups is 2. The molecule has 0 bridgehead atoms. The lowest BCUT2D eigenvalue weighted by atomic mass is 10.1. The molecule has 10 nitrogen and oxygen atoms in total. The van der Waals surface area contributed by atoms with E-state index in [1.165, 1.54) is 36.4 Å². The number of hydrogen-bond donors (Lipinski definition) is 3. The normalized spacial score (nSPS) is 13.9. The smallest absolute Gasteiger partial charge is 0.262 e. The number of fused-ring (bicyclic) bond motifs is 1. The molecule has 0 unspecified atom stereocenters. The molecule has 1 aliphatic heterocycles. The number of pyridine rings is 1. The molecule has 2 amide bonds. The highest BCUT2D eigenvalue weighted by atomic mass is 35.5. The molecule has 1 saturated heterocycles. The van der Waals surface area contributed by atoms with E-state index in [9.17, 15) is 18.8 Å². The standard InChI is InChI=1S/C27H25ClFN7O3/c1-35-7-9-36(10-8-35)27-31-15-18-12-20(26(39)33-23(18)34-27)25(38)32-22-13-17(5-6-21(22)28)24(37)30-14-16-3-2-4-19(29)11-16/h2-6,11-13,15H,7-10,14H2,1H3,(H,30,37)(H,32,38)(H,31,33,34,39). The minimum Gasteiger partial charge on any atom is -0.348 e. The van der Waals surface area contributed by atoms with Gasteiger partial charge in [0, 0.05) is 49.9 Å². The maximum atomic E-state index is 13.4. The third-order valence-electron chi connectivity index (χ3n) is 6.43. The van der Waals surface area contributed by atoms with Gasteiger partial charge in [-0.15, -0.1) is 0 Å². The number of likely N-dealkylation sites (N-methyl/N-ethyl adjacent to an activating group) is 1. The molecule has 3 N–H and O–H groups in total. The van der Waals surface area contributed by atoms with Crippen molar-refractivity contribution in [3.05, 3.63) is 92.6 Å². The molecular formula is C27H25ClFN7O3. The molecule has 0 atom stereocenters. The summed E-state index contributed by atoms with van der Waals surface area (Å²) in [6.07, 6.45) is 1.57. The minimum atomic E-state index is -0.708. The van der Waals surface area contributed by atoms with Crippen LogP contribution in [0.4, 0.5) is 16.0 Å². The predicted molar refractivity (Wildman–Crippen MR) is 147 cm³/mol. The van der Waals surface area contributed by atoms with Crippen molar-refractivity contribution in [3.8, 4) is 0 Å². The summed E-state index contributed by atoms with van der Waals surface area (Å²) in [6.45, 7) is 3.43. The van der Waals surface area contributed by atoms with Gasteiger partial charge in [-0.3, -0.25) is 14.4 Å². The summed E-state index contributed by atoms with van der Waals surface area (Å²) in [5, 5.41) is 5.98. The summed E-state index contributed by atoms with van der Waals surface area (Å²) in [5.74, 6) is -1.03. The van der Waals surface area contributed by atoms with Gasteiger partial charge in [-0.25, -0.2) is 9.37 Å². The Morgan fingerprint density at radius 3 is 2.64 bits per heavy atom. The SMILES string of the molecule is CN1CCN(c2ncc3cc(C(=O)Nc4cc(C(=O)NCc5cccc(F)c5)ccc4Cl)c(=O)[nH]c3n2)CC1. The molecule has 2 aromatic carbocycles. The van der Waals surface area contributed by atoms with Gasteiger partial charge in [0.05, 0.1) is 10.7 Å². The van der Waals surface area contributed by atoms with Crippen molar-refractivity contribution in [1.29, 1.82) is 0 Å². The average Bonchev–Trinajstić information content (AvgIpc) is 2.92. The summed E-state index contributed by atoms with van der Waals surface area (Å²) >= 11 is 6.26. The van der Waals surface area contributed by atoms with Crippen LogP contribution in [-0.4, -0.2) is 64.9 Å². The number of anilines is 2. The van der Waals surface area contributed by atoms with E-state index in [-0.39, 0.29) is 28.4 Å². The van der Waals surface area contributed by atoms with Crippen LogP contribution in [0.2, 0.25) is 5.02 Å². The molecule has 0 radical (unpaired) electrons. The van der Waals surface area contributed by atoms with E-state index in [1.807, 2.05) is 4.90 Å². The highest BCUT2D eigenvalue weighted by molar-refractivity contribution is 6.34. The van der Waals surface area contributed by atoms with Crippen molar-refractivity contribution in [2.75, 3.05) is 43.4 Å². The van der Waals surface area contributed by atoms with Crippen LogP contribution < -0.4 is 21.1 Å². The van der Waals surface area contributed by atoms with Crippen LogP contribution in [-0.2, 0) is 6.54 Å². The highest BCUT2D eigenvalue weighted by Gasteiger charge is 2.19. The molecule has 1 fully saturated rings. The van der Waals surface area contributed by atoms with Gasteiger partial charge in [0.25, 0.3) is 17.4 Å². The fourth-order valence-electron chi connectivity index (χ4n) is 4.19. The van der Waals surface area contributed by atoms with Crippen LogP contribution in [0.1, 0.15) is 26.3 Å². The van der Waals surface area contributed by atoms with Crippen LogP contribution in [0.25, 0.3) is 11.0 Å². The number of aromatic nitrogens is 3. The summed E-state index contributed by atoms with van der Waals surface area (Å²) in [7, 11) is 2.05. The van der Waals surface area contributed by atoms with Crippen LogP contribution in [0.5, 0.6) is 0 Å². The largest absolute Gasteiger partial charge is 0.348 e. The molecule has 1 aliphatic rings. The summed E-state index contributed by atoms with van der Waals surface area (Å²) < 4.78 is 13.4. The van der Waals surface area contributed by atoms with Gasteiger partial charge in [0.1, 0.15) is 17.0 Å². The van der Waals surface area contributed by atoms with E-state index in [0.29, 0.717) is 22.5 Å².